The molecule has 4 aromatic carbocycles. The lowest BCUT2D eigenvalue weighted by molar-refractivity contribution is -0.141. The van der Waals surface area contributed by atoms with Crippen LogP contribution in [0.3, 0.4) is 0 Å². The highest BCUT2D eigenvalue weighted by Crippen LogP contribution is 2.32. The molecule has 5 rings (SSSR count). The second-order valence-electron chi connectivity index (χ2n) is 10.3. The maximum Gasteiger partial charge on any atom is 0.328 e. The van der Waals surface area contributed by atoms with Crippen molar-refractivity contribution in [3.8, 4) is 5.75 Å². The molecule has 1 fully saturated rings. The molecule has 0 heterocycles. The summed E-state index contributed by atoms with van der Waals surface area (Å²) in [6, 6.07) is 32.7. The van der Waals surface area contributed by atoms with Gasteiger partial charge in [0.15, 0.2) is 5.78 Å². The number of hydrogen-bond acceptors (Lipinski definition) is 6. The molecule has 0 spiro atoms. The summed E-state index contributed by atoms with van der Waals surface area (Å²) < 4.78 is 11.1. The molecular weight excluding hydrogens is 528 g/mol. The highest BCUT2D eigenvalue weighted by atomic mass is 16.5. The van der Waals surface area contributed by atoms with Gasteiger partial charge in [0.05, 0.1) is 13.7 Å². The Morgan fingerprint density at radius 2 is 1.48 bits per heavy atom. The Balaban J connectivity index is 1.22. The molecule has 0 aliphatic heterocycles. The van der Waals surface area contributed by atoms with Crippen molar-refractivity contribution in [1.82, 2.24) is 0 Å². The van der Waals surface area contributed by atoms with E-state index in [-0.39, 0.29) is 17.6 Å². The van der Waals surface area contributed by atoms with E-state index in [4.69, 9.17) is 9.47 Å². The lowest BCUT2D eigenvalue weighted by atomic mass is 10.00. The summed E-state index contributed by atoms with van der Waals surface area (Å²) in [6.07, 6.45) is 2.24. The Labute approximate surface area is 246 Å². The van der Waals surface area contributed by atoms with E-state index in [0.717, 1.165) is 24.1 Å². The van der Waals surface area contributed by atoms with Crippen molar-refractivity contribution in [3.63, 3.8) is 0 Å². The number of anilines is 2. The first kappa shape index (κ1) is 28.6. The predicted molar refractivity (Wildman–Crippen MR) is 163 cm³/mol. The summed E-state index contributed by atoms with van der Waals surface area (Å²) in [6.45, 7) is 0.807. The number of methoxy groups -OCH3 is 1. The Bertz CT molecular complexity index is 1500. The van der Waals surface area contributed by atoms with Gasteiger partial charge in [-0.3, -0.25) is 9.59 Å². The van der Waals surface area contributed by atoms with Gasteiger partial charge in [0.2, 0.25) is 5.91 Å². The SMILES string of the molecule is COC(=O)[C@H](Cc1ccc(OCCN(C(=O)C2CC2)c2ccccc2)cc1)Nc1ccccc1C(=O)c1ccccc1. The Kier molecular flexibility index (Phi) is 9.29. The summed E-state index contributed by atoms with van der Waals surface area (Å²) >= 11 is 0. The Hall–Kier alpha value is -4.91. The number of esters is 1. The molecule has 1 saturated carbocycles. The molecule has 1 N–H and O–H groups in total. The van der Waals surface area contributed by atoms with Gasteiger partial charge < -0.3 is 19.7 Å². The molecule has 1 atom stereocenters. The van der Waals surface area contributed by atoms with Crippen molar-refractivity contribution < 1.29 is 23.9 Å². The molecule has 0 bridgehead atoms. The average Bonchev–Trinajstić information content (AvgIpc) is 3.90. The fraction of sp³-hybridized carbons (Fsp3) is 0.229. The van der Waals surface area contributed by atoms with Gasteiger partial charge in [-0.2, -0.15) is 0 Å². The van der Waals surface area contributed by atoms with Gasteiger partial charge in [0.1, 0.15) is 18.4 Å². The van der Waals surface area contributed by atoms with Gasteiger partial charge in [0, 0.05) is 34.8 Å². The molecule has 42 heavy (non-hydrogen) atoms. The molecular formula is C35H34N2O5. The highest BCUT2D eigenvalue weighted by molar-refractivity contribution is 6.12. The first-order valence-corrected chi connectivity index (χ1v) is 14.1. The number of carbonyl (C=O) groups is 3. The first-order chi connectivity index (χ1) is 20.5. The van der Waals surface area contributed by atoms with Gasteiger partial charge >= 0.3 is 5.97 Å². The topological polar surface area (TPSA) is 84.9 Å². The van der Waals surface area contributed by atoms with Crippen LogP contribution >= 0.6 is 0 Å². The number of amides is 1. The average molecular weight is 563 g/mol. The third-order valence-corrected chi connectivity index (χ3v) is 7.23. The van der Waals surface area contributed by atoms with Crippen LogP contribution in [0.2, 0.25) is 0 Å². The van der Waals surface area contributed by atoms with Gasteiger partial charge in [-0.05, 0) is 54.8 Å². The fourth-order valence-electron chi connectivity index (χ4n) is 4.81. The van der Waals surface area contributed by atoms with Crippen molar-refractivity contribution in [3.05, 3.63) is 126 Å². The predicted octanol–water partition coefficient (Wildman–Crippen LogP) is 5.94. The van der Waals surface area contributed by atoms with E-state index in [1.807, 2.05) is 78.9 Å². The monoisotopic (exact) mass is 562 g/mol. The molecule has 7 heteroatoms. The van der Waals surface area contributed by atoms with E-state index in [9.17, 15) is 14.4 Å². The maximum atomic E-state index is 13.2. The van der Waals surface area contributed by atoms with E-state index in [2.05, 4.69) is 5.32 Å². The second-order valence-corrected chi connectivity index (χ2v) is 10.3. The number of carbonyl (C=O) groups excluding carboxylic acids is 3. The van der Waals surface area contributed by atoms with Crippen LogP contribution in [0.25, 0.3) is 0 Å². The van der Waals surface area contributed by atoms with E-state index in [1.165, 1.54) is 7.11 Å². The minimum Gasteiger partial charge on any atom is -0.492 e. The number of rotatable bonds is 13. The van der Waals surface area contributed by atoms with Crippen LogP contribution in [0.15, 0.2) is 109 Å². The summed E-state index contributed by atoms with van der Waals surface area (Å²) in [5, 5.41) is 3.24. The lowest BCUT2D eigenvalue weighted by Gasteiger charge is -2.23. The minimum absolute atomic E-state index is 0.115. The number of nitrogens with zero attached hydrogens (tertiary/aromatic N) is 1. The maximum absolute atomic E-state index is 13.2. The number of para-hydroxylation sites is 2. The minimum atomic E-state index is -0.709. The zero-order chi connectivity index (χ0) is 29.3. The fourth-order valence-corrected chi connectivity index (χ4v) is 4.81. The van der Waals surface area contributed by atoms with Crippen LogP contribution < -0.4 is 15.0 Å². The largest absolute Gasteiger partial charge is 0.492 e. The van der Waals surface area contributed by atoms with E-state index in [1.54, 1.807) is 35.2 Å². The first-order valence-electron chi connectivity index (χ1n) is 14.1. The molecule has 0 unspecified atom stereocenters. The quantitative estimate of drug-likeness (QED) is 0.161. The van der Waals surface area contributed by atoms with E-state index >= 15 is 0 Å². The molecule has 4 aromatic rings. The van der Waals surface area contributed by atoms with Crippen LogP contribution in [0.4, 0.5) is 11.4 Å². The lowest BCUT2D eigenvalue weighted by Crippen LogP contribution is -2.35. The summed E-state index contributed by atoms with van der Waals surface area (Å²) in [5.41, 5.74) is 3.38. The second kappa shape index (κ2) is 13.6. The molecule has 214 valence electrons. The van der Waals surface area contributed by atoms with Crippen molar-refractivity contribution >= 4 is 29.0 Å². The number of ether oxygens (including phenoxy) is 2. The summed E-state index contributed by atoms with van der Waals surface area (Å²) in [4.78, 5) is 40.6. The highest BCUT2D eigenvalue weighted by Gasteiger charge is 2.34. The van der Waals surface area contributed by atoms with Crippen LogP contribution in [-0.2, 0) is 20.7 Å². The van der Waals surface area contributed by atoms with Crippen LogP contribution in [-0.4, -0.2) is 44.0 Å². The summed E-state index contributed by atoms with van der Waals surface area (Å²) in [5.74, 6) is 0.372. The van der Waals surface area contributed by atoms with Crippen molar-refractivity contribution in [2.24, 2.45) is 5.92 Å². The summed E-state index contributed by atoms with van der Waals surface area (Å²) in [7, 11) is 1.35. The third kappa shape index (κ3) is 7.23. The number of hydrogen-bond donors (Lipinski definition) is 1. The van der Waals surface area contributed by atoms with Crippen molar-refractivity contribution in [2.45, 2.75) is 25.3 Å². The molecule has 0 aromatic heterocycles. The zero-order valence-corrected chi connectivity index (χ0v) is 23.6. The van der Waals surface area contributed by atoms with Gasteiger partial charge in [-0.15, -0.1) is 0 Å². The molecule has 1 aliphatic rings. The smallest absolute Gasteiger partial charge is 0.328 e. The Morgan fingerprint density at radius 3 is 2.14 bits per heavy atom. The van der Waals surface area contributed by atoms with Crippen LogP contribution in [0.1, 0.15) is 34.3 Å². The molecule has 1 amide bonds. The molecule has 1 aliphatic carbocycles. The normalized spacial score (nSPS) is 13.1. The zero-order valence-electron chi connectivity index (χ0n) is 23.6. The van der Waals surface area contributed by atoms with Gasteiger partial charge in [0.25, 0.3) is 0 Å². The molecule has 0 radical (unpaired) electrons. The Morgan fingerprint density at radius 1 is 0.833 bits per heavy atom. The molecule has 7 nitrogen and oxygen atoms in total. The number of benzene rings is 4. The van der Waals surface area contributed by atoms with Gasteiger partial charge in [-0.25, -0.2) is 4.79 Å². The van der Waals surface area contributed by atoms with E-state index in [0.29, 0.717) is 42.1 Å². The number of nitrogens with one attached hydrogen (secondary N) is 1. The van der Waals surface area contributed by atoms with Gasteiger partial charge in [-0.1, -0.05) is 72.8 Å². The van der Waals surface area contributed by atoms with Crippen LogP contribution in [0, 0.1) is 5.92 Å². The van der Waals surface area contributed by atoms with Crippen molar-refractivity contribution in [2.75, 3.05) is 30.5 Å². The molecule has 0 saturated heterocycles. The third-order valence-electron chi connectivity index (χ3n) is 7.23. The van der Waals surface area contributed by atoms with Crippen LogP contribution in [0.5, 0.6) is 5.75 Å². The number of ketones is 1. The standard InChI is InChI=1S/C35H34N2O5/c1-41-35(40)32(36-31-15-9-8-14-30(31)33(38)26-10-4-2-5-11-26)24-25-16-20-29(21-17-25)42-23-22-37(34(39)27-18-19-27)28-12-6-3-7-13-28/h2-17,20-21,27,32,36H,18-19,22-24H2,1H3/t32-/m0/s1. The van der Waals surface area contributed by atoms with E-state index < -0.39 is 12.0 Å². The van der Waals surface area contributed by atoms with Crippen molar-refractivity contribution in [1.29, 1.82) is 0 Å².